The molecule has 0 bridgehead atoms. The Balaban J connectivity index is 2.00. The second-order valence-corrected chi connectivity index (χ2v) is 5.36. The topological polar surface area (TPSA) is 61.0 Å². The number of benzene rings is 2. The second-order valence-electron chi connectivity index (χ2n) is 5.02. The quantitative estimate of drug-likeness (QED) is 0.748. The van der Waals surface area contributed by atoms with Crippen LogP contribution >= 0.6 is 11.6 Å². The monoisotopic (exact) mass is 313 g/mol. The molecule has 22 heavy (non-hydrogen) atoms. The van der Waals surface area contributed by atoms with E-state index in [-0.39, 0.29) is 11.3 Å². The lowest BCUT2D eigenvalue weighted by molar-refractivity contribution is 0.408. The average Bonchev–Trinajstić information content (AvgIpc) is 2.54. The van der Waals surface area contributed by atoms with Crippen molar-refractivity contribution >= 4 is 22.5 Å². The highest BCUT2D eigenvalue weighted by Crippen LogP contribution is 2.27. The van der Waals surface area contributed by atoms with E-state index in [1.54, 1.807) is 7.11 Å². The number of aromatic nitrogens is 2. The van der Waals surface area contributed by atoms with Crippen molar-refractivity contribution in [3.8, 4) is 5.75 Å². The van der Waals surface area contributed by atoms with Gasteiger partial charge in [0, 0.05) is 5.39 Å². The van der Waals surface area contributed by atoms with Crippen molar-refractivity contribution in [1.82, 2.24) is 9.97 Å². The Hall–Kier alpha value is -2.17. The van der Waals surface area contributed by atoms with E-state index in [0.29, 0.717) is 6.42 Å². The van der Waals surface area contributed by atoms with E-state index in [0.717, 1.165) is 27.9 Å². The molecule has 0 saturated heterocycles. The van der Waals surface area contributed by atoms with Gasteiger partial charge in [-0.15, -0.1) is 0 Å². The van der Waals surface area contributed by atoms with Crippen molar-refractivity contribution in [2.45, 2.75) is 12.5 Å². The molecule has 5 heteroatoms. The van der Waals surface area contributed by atoms with Crippen molar-refractivity contribution in [2.24, 2.45) is 5.73 Å². The highest BCUT2D eigenvalue weighted by atomic mass is 35.5. The summed E-state index contributed by atoms with van der Waals surface area (Å²) in [5, 5.41) is 1.14. The molecule has 3 rings (SSSR count). The fourth-order valence-corrected chi connectivity index (χ4v) is 2.74. The van der Waals surface area contributed by atoms with Crippen molar-refractivity contribution in [3.63, 3.8) is 0 Å². The Morgan fingerprint density at radius 1 is 1.09 bits per heavy atom. The molecule has 2 N–H and O–H groups in total. The third-order valence-electron chi connectivity index (χ3n) is 3.59. The molecular formula is C17H16ClN3O. The third kappa shape index (κ3) is 2.89. The van der Waals surface area contributed by atoms with Crippen LogP contribution in [-0.2, 0) is 6.42 Å². The number of rotatable bonds is 4. The fourth-order valence-electron chi connectivity index (χ4n) is 2.56. The summed E-state index contributed by atoms with van der Waals surface area (Å²) in [5.74, 6) is 0.822. The van der Waals surface area contributed by atoms with Gasteiger partial charge in [-0.25, -0.2) is 9.97 Å². The Bertz CT molecular complexity index is 807. The van der Waals surface area contributed by atoms with Crippen LogP contribution in [0.5, 0.6) is 5.75 Å². The zero-order valence-electron chi connectivity index (χ0n) is 12.2. The molecule has 1 atom stereocenters. The van der Waals surface area contributed by atoms with Crippen LogP contribution in [0.4, 0.5) is 0 Å². The summed E-state index contributed by atoms with van der Waals surface area (Å²) in [4.78, 5) is 8.57. The first kappa shape index (κ1) is 14.8. The highest BCUT2D eigenvalue weighted by molar-refractivity contribution is 6.28. The smallest absolute Gasteiger partial charge is 0.223 e. The fraction of sp³-hybridized carbons (Fsp3) is 0.176. The van der Waals surface area contributed by atoms with Gasteiger partial charge in [-0.2, -0.15) is 0 Å². The number of hydrogen-bond acceptors (Lipinski definition) is 4. The number of methoxy groups -OCH3 is 1. The lowest BCUT2D eigenvalue weighted by atomic mass is 10.0. The largest absolute Gasteiger partial charge is 0.496 e. The summed E-state index contributed by atoms with van der Waals surface area (Å²) in [6, 6.07) is 15.3. The van der Waals surface area contributed by atoms with Crippen LogP contribution in [0.3, 0.4) is 0 Å². The summed E-state index contributed by atoms with van der Waals surface area (Å²) >= 11 is 6.03. The van der Waals surface area contributed by atoms with Crippen LogP contribution < -0.4 is 10.5 Å². The number of nitrogens with zero attached hydrogens (tertiary/aromatic N) is 2. The standard InChI is InChI=1S/C17H16ClN3O/c1-22-15-9-5-2-6-11(15)10-13(19)16-12-7-3-4-8-14(12)20-17(18)21-16/h2-9,13H,10,19H2,1H3. The normalized spacial score (nSPS) is 12.3. The van der Waals surface area contributed by atoms with Crippen LogP contribution in [0.15, 0.2) is 48.5 Å². The molecule has 0 fully saturated rings. The SMILES string of the molecule is COc1ccccc1CC(N)c1nc(Cl)nc2ccccc12. The van der Waals surface area contributed by atoms with Crippen molar-refractivity contribution < 1.29 is 4.74 Å². The molecule has 112 valence electrons. The van der Waals surface area contributed by atoms with Crippen LogP contribution in [-0.4, -0.2) is 17.1 Å². The molecule has 0 spiro atoms. The maximum Gasteiger partial charge on any atom is 0.223 e. The molecule has 4 nitrogen and oxygen atoms in total. The zero-order valence-corrected chi connectivity index (χ0v) is 12.9. The van der Waals surface area contributed by atoms with Gasteiger partial charge < -0.3 is 10.5 Å². The average molecular weight is 314 g/mol. The number of halogens is 1. The van der Waals surface area contributed by atoms with Crippen molar-refractivity contribution in [3.05, 3.63) is 65.1 Å². The minimum absolute atomic E-state index is 0.212. The van der Waals surface area contributed by atoms with Crippen LogP contribution in [0, 0.1) is 0 Å². The highest BCUT2D eigenvalue weighted by Gasteiger charge is 2.16. The van der Waals surface area contributed by atoms with Gasteiger partial charge in [0.25, 0.3) is 0 Å². The summed E-state index contributed by atoms with van der Waals surface area (Å²) in [7, 11) is 1.65. The third-order valence-corrected chi connectivity index (χ3v) is 3.76. The predicted molar refractivity (Wildman–Crippen MR) is 88.2 cm³/mol. The lowest BCUT2D eigenvalue weighted by Crippen LogP contribution is -2.16. The van der Waals surface area contributed by atoms with E-state index in [4.69, 9.17) is 22.1 Å². The molecule has 0 amide bonds. The Morgan fingerprint density at radius 3 is 2.64 bits per heavy atom. The van der Waals surface area contributed by atoms with Gasteiger partial charge in [-0.3, -0.25) is 0 Å². The molecule has 0 radical (unpaired) electrons. The Kier molecular flexibility index (Phi) is 4.22. The zero-order chi connectivity index (χ0) is 15.5. The molecule has 0 aliphatic heterocycles. The molecular weight excluding hydrogens is 298 g/mol. The summed E-state index contributed by atoms with van der Waals surface area (Å²) < 4.78 is 5.38. The van der Waals surface area contributed by atoms with Crippen LogP contribution in [0.1, 0.15) is 17.3 Å². The minimum Gasteiger partial charge on any atom is -0.496 e. The lowest BCUT2D eigenvalue weighted by Gasteiger charge is -2.15. The first-order valence-electron chi connectivity index (χ1n) is 6.98. The van der Waals surface area contributed by atoms with E-state index in [1.807, 2.05) is 48.5 Å². The first-order chi connectivity index (χ1) is 10.7. The van der Waals surface area contributed by atoms with Crippen molar-refractivity contribution in [1.29, 1.82) is 0 Å². The number of para-hydroxylation sites is 2. The Morgan fingerprint density at radius 2 is 1.82 bits per heavy atom. The number of fused-ring (bicyclic) bond motifs is 1. The van der Waals surface area contributed by atoms with Gasteiger partial charge in [0.2, 0.25) is 5.28 Å². The molecule has 0 aliphatic carbocycles. The predicted octanol–water partition coefficient (Wildman–Crippen LogP) is 3.53. The summed E-state index contributed by atoms with van der Waals surface area (Å²) in [6.07, 6.45) is 0.612. The maximum atomic E-state index is 6.38. The second kappa shape index (κ2) is 6.30. The molecule has 0 saturated carbocycles. The molecule has 1 aromatic heterocycles. The van der Waals surface area contributed by atoms with E-state index in [2.05, 4.69) is 9.97 Å². The summed E-state index contributed by atoms with van der Waals surface area (Å²) in [6.45, 7) is 0. The van der Waals surface area contributed by atoms with Crippen LogP contribution in [0.2, 0.25) is 5.28 Å². The van der Waals surface area contributed by atoms with Crippen molar-refractivity contribution in [2.75, 3.05) is 7.11 Å². The summed E-state index contributed by atoms with van der Waals surface area (Å²) in [5.41, 5.74) is 8.97. The van der Waals surface area contributed by atoms with Crippen LogP contribution in [0.25, 0.3) is 10.9 Å². The molecule has 1 heterocycles. The number of hydrogen-bond donors (Lipinski definition) is 1. The molecule has 1 unspecified atom stereocenters. The Labute approximate surface area is 133 Å². The van der Waals surface area contributed by atoms with E-state index >= 15 is 0 Å². The minimum atomic E-state index is -0.290. The van der Waals surface area contributed by atoms with Gasteiger partial charge in [0.1, 0.15) is 5.75 Å². The number of nitrogens with two attached hydrogens (primary N) is 1. The van der Waals surface area contributed by atoms with Gasteiger partial charge >= 0.3 is 0 Å². The van der Waals surface area contributed by atoms with E-state index in [1.165, 1.54) is 0 Å². The molecule has 0 aliphatic rings. The number of ether oxygens (including phenoxy) is 1. The van der Waals surface area contributed by atoms with E-state index < -0.39 is 0 Å². The molecule has 3 aromatic rings. The first-order valence-corrected chi connectivity index (χ1v) is 7.36. The van der Waals surface area contributed by atoms with E-state index in [9.17, 15) is 0 Å². The van der Waals surface area contributed by atoms with Gasteiger partial charge in [0.15, 0.2) is 0 Å². The maximum absolute atomic E-state index is 6.38. The van der Waals surface area contributed by atoms with Gasteiger partial charge in [-0.05, 0) is 35.7 Å². The van der Waals surface area contributed by atoms with Gasteiger partial charge in [-0.1, -0.05) is 36.4 Å². The molecule has 2 aromatic carbocycles. The van der Waals surface area contributed by atoms with Gasteiger partial charge in [0.05, 0.1) is 24.4 Å².